The van der Waals surface area contributed by atoms with Gasteiger partial charge in [0.25, 0.3) is 0 Å². The molecule has 0 bridgehead atoms. The Labute approximate surface area is 134 Å². The minimum Gasteiger partial charge on any atom is -0.457 e. The van der Waals surface area contributed by atoms with E-state index in [0.29, 0.717) is 12.3 Å². The molecule has 0 heterocycles. The second kappa shape index (κ2) is 8.20. The zero-order valence-corrected chi connectivity index (χ0v) is 15.1. The Balaban J connectivity index is 4.71. The van der Waals surface area contributed by atoms with Crippen LogP contribution in [0, 0.1) is 5.92 Å². The van der Waals surface area contributed by atoms with Gasteiger partial charge in [-0.15, -0.1) is 0 Å². The molecule has 0 saturated heterocycles. The van der Waals surface area contributed by atoms with Crippen LogP contribution in [-0.2, 0) is 14.3 Å². The molecule has 0 fully saturated rings. The van der Waals surface area contributed by atoms with E-state index in [4.69, 9.17) is 9.47 Å². The Morgan fingerprint density at radius 1 is 1.00 bits per heavy atom. The van der Waals surface area contributed by atoms with Crippen molar-refractivity contribution in [2.24, 2.45) is 5.92 Å². The number of carbonyl (C=O) groups is 2. The van der Waals surface area contributed by atoms with Gasteiger partial charge in [0, 0.05) is 6.08 Å². The summed E-state index contributed by atoms with van der Waals surface area (Å²) in [7, 11) is 0. The lowest BCUT2D eigenvalue weighted by Crippen LogP contribution is -2.39. The number of esters is 1. The fraction of sp³-hybridized carbons (Fsp3) is 0.765. The molecule has 128 valence electrons. The van der Waals surface area contributed by atoms with Crippen LogP contribution in [0.25, 0.3) is 0 Å². The predicted octanol–water partition coefficient (Wildman–Crippen LogP) is 3.82. The van der Waals surface area contributed by atoms with Crippen molar-refractivity contribution in [1.29, 1.82) is 0 Å². The molecule has 1 unspecified atom stereocenters. The second-order valence-corrected chi connectivity index (χ2v) is 7.77. The highest BCUT2D eigenvalue weighted by Gasteiger charge is 2.19. The summed E-state index contributed by atoms with van der Waals surface area (Å²) in [6.45, 7) is 14.9. The molecule has 0 rings (SSSR count). The Bertz CT molecular complexity index is 400. The van der Waals surface area contributed by atoms with Crippen LogP contribution in [-0.4, -0.2) is 29.3 Å². The predicted molar refractivity (Wildman–Crippen MR) is 87.6 cm³/mol. The standard InChI is InChI=1S/C17H31NO4/c1-12(2)11-13(18-15(20)22-17(6,7)8)9-10-14(19)21-16(3,4)5/h9-10,12-13H,11H2,1-8H3,(H,18,20)/b10-9-. The Morgan fingerprint density at radius 3 is 1.91 bits per heavy atom. The number of nitrogens with one attached hydrogen (secondary N) is 1. The van der Waals surface area contributed by atoms with Crippen LogP contribution in [0.4, 0.5) is 4.79 Å². The maximum atomic E-state index is 11.8. The van der Waals surface area contributed by atoms with Crippen molar-refractivity contribution in [1.82, 2.24) is 5.32 Å². The van der Waals surface area contributed by atoms with Gasteiger partial charge in [-0.25, -0.2) is 9.59 Å². The average Bonchev–Trinajstić information content (AvgIpc) is 2.19. The zero-order valence-electron chi connectivity index (χ0n) is 15.1. The van der Waals surface area contributed by atoms with Gasteiger partial charge < -0.3 is 14.8 Å². The van der Waals surface area contributed by atoms with Crippen LogP contribution in [0.5, 0.6) is 0 Å². The van der Waals surface area contributed by atoms with Gasteiger partial charge in [-0.2, -0.15) is 0 Å². The minimum absolute atomic E-state index is 0.276. The van der Waals surface area contributed by atoms with Crippen LogP contribution >= 0.6 is 0 Å². The van der Waals surface area contributed by atoms with E-state index in [-0.39, 0.29) is 6.04 Å². The zero-order chi connectivity index (χ0) is 17.6. The van der Waals surface area contributed by atoms with Crippen LogP contribution in [0.1, 0.15) is 61.8 Å². The summed E-state index contributed by atoms with van der Waals surface area (Å²) in [6, 6.07) is -0.276. The lowest BCUT2D eigenvalue weighted by molar-refractivity contribution is -0.148. The van der Waals surface area contributed by atoms with Crippen molar-refractivity contribution in [3.05, 3.63) is 12.2 Å². The van der Waals surface area contributed by atoms with E-state index in [1.165, 1.54) is 6.08 Å². The van der Waals surface area contributed by atoms with Gasteiger partial charge in [0.1, 0.15) is 11.2 Å². The molecule has 22 heavy (non-hydrogen) atoms. The molecular weight excluding hydrogens is 282 g/mol. The third kappa shape index (κ3) is 12.2. The SMILES string of the molecule is CC(C)CC(/C=C\C(=O)OC(C)(C)C)NC(=O)OC(C)(C)C. The van der Waals surface area contributed by atoms with E-state index < -0.39 is 23.3 Å². The first-order valence-corrected chi connectivity index (χ1v) is 7.69. The first-order chi connectivity index (χ1) is 9.78. The number of hydrogen-bond donors (Lipinski definition) is 1. The summed E-state index contributed by atoms with van der Waals surface area (Å²) in [4.78, 5) is 23.6. The second-order valence-electron chi connectivity index (χ2n) is 7.77. The largest absolute Gasteiger partial charge is 0.457 e. The topological polar surface area (TPSA) is 64.6 Å². The summed E-state index contributed by atoms with van der Waals surface area (Å²) < 4.78 is 10.4. The number of rotatable bonds is 5. The van der Waals surface area contributed by atoms with Crippen molar-refractivity contribution >= 4 is 12.1 Å². The Morgan fingerprint density at radius 2 is 1.50 bits per heavy atom. The fourth-order valence-corrected chi connectivity index (χ4v) is 1.68. The van der Waals surface area contributed by atoms with Crippen molar-refractivity contribution in [3.8, 4) is 0 Å². The van der Waals surface area contributed by atoms with Crippen LogP contribution in [0.3, 0.4) is 0 Å². The van der Waals surface area contributed by atoms with Gasteiger partial charge in [0.05, 0.1) is 6.04 Å². The Kier molecular flexibility index (Phi) is 7.64. The van der Waals surface area contributed by atoms with Crippen LogP contribution < -0.4 is 5.32 Å². The molecule has 5 nitrogen and oxygen atoms in total. The van der Waals surface area contributed by atoms with Gasteiger partial charge >= 0.3 is 12.1 Å². The molecule has 0 aliphatic carbocycles. The van der Waals surface area contributed by atoms with E-state index in [1.54, 1.807) is 26.8 Å². The monoisotopic (exact) mass is 313 g/mol. The summed E-state index contributed by atoms with van der Waals surface area (Å²) in [5, 5.41) is 2.77. The molecule has 5 heteroatoms. The maximum absolute atomic E-state index is 11.8. The average molecular weight is 313 g/mol. The molecule has 1 N–H and O–H groups in total. The molecular formula is C17H31NO4. The summed E-state index contributed by atoms with van der Waals surface area (Å²) in [6.07, 6.45) is 3.22. The van der Waals surface area contributed by atoms with E-state index >= 15 is 0 Å². The lowest BCUT2D eigenvalue weighted by Gasteiger charge is -2.23. The Hall–Kier alpha value is -1.52. The van der Waals surface area contributed by atoms with Crippen molar-refractivity contribution in [2.75, 3.05) is 0 Å². The van der Waals surface area contributed by atoms with Crippen molar-refractivity contribution < 1.29 is 19.1 Å². The van der Waals surface area contributed by atoms with Crippen LogP contribution in [0.15, 0.2) is 12.2 Å². The highest BCUT2D eigenvalue weighted by Crippen LogP contribution is 2.11. The molecule has 0 radical (unpaired) electrons. The normalized spacial score (nSPS) is 14.0. The lowest BCUT2D eigenvalue weighted by atomic mass is 10.0. The summed E-state index contributed by atoms with van der Waals surface area (Å²) >= 11 is 0. The van der Waals surface area contributed by atoms with Crippen LogP contribution in [0.2, 0.25) is 0 Å². The molecule has 1 atom stereocenters. The number of alkyl carbamates (subject to hydrolysis) is 1. The van der Waals surface area contributed by atoms with Crippen molar-refractivity contribution in [3.63, 3.8) is 0 Å². The summed E-state index contributed by atoms with van der Waals surface area (Å²) in [5.41, 5.74) is -1.09. The van der Waals surface area contributed by atoms with Gasteiger partial charge in [-0.05, 0) is 53.9 Å². The molecule has 0 aliphatic rings. The smallest absolute Gasteiger partial charge is 0.408 e. The molecule has 0 saturated carbocycles. The van der Waals surface area contributed by atoms with E-state index in [9.17, 15) is 9.59 Å². The van der Waals surface area contributed by atoms with E-state index in [1.807, 2.05) is 34.6 Å². The van der Waals surface area contributed by atoms with E-state index in [0.717, 1.165) is 0 Å². The molecule has 0 aromatic heterocycles. The molecule has 0 aromatic carbocycles. The minimum atomic E-state index is -0.554. The molecule has 0 aliphatic heterocycles. The quantitative estimate of drug-likeness (QED) is 0.619. The molecule has 1 amide bonds. The van der Waals surface area contributed by atoms with Crippen molar-refractivity contribution in [2.45, 2.75) is 79.1 Å². The third-order valence-corrected chi connectivity index (χ3v) is 2.30. The maximum Gasteiger partial charge on any atom is 0.408 e. The highest BCUT2D eigenvalue weighted by molar-refractivity contribution is 5.82. The molecule has 0 aromatic rings. The highest BCUT2D eigenvalue weighted by atomic mass is 16.6. The number of ether oxygens (including phenoxy) is 2. The molecule has 0 spiro atoms. The fourth-order valence-electron chi connectivity index (χ4n) is 1.68. The third-order valence-electron chi connectivity index (χ3n) is 2.30. The number of amides is 1. The van der Waals surface area contributed by atoms with Gasteiger partial charge in [-0.3, -0.25) is 0 Å². The van der Waals surface area contributed by atoms with Gasteiger partial charge in [-0.1, -0.05) is 19.9 Å². The first kappa shape index (κ1) is 20.5. The first-order valence-electron chi connectivity index (χ1n) is 7.69. The van der Waals surface area contributed by atoms with Gasteiger partial charge in [0.2, 0.25) is 0 Å². The van der Waals surface area contributed by atoms with Gasteiger partial charge in [0.15, 0.2) is 0 Å². The number of hydrogen-bond acceptors (Lipinski definition) is 4. The number of carbonyl (C=O) groups excluding carboxylic acids is 2. The summed E-state index contributed by atoms with van der Waals surface area (Å²) in [5.74, 6) is -0.0598. The van der Waals surface area contributed by atoms with E-state index in [2.05, 4.69) is 5.32 Å².